The molecule has 0 aliphatic carbocycles. The zero-order chi connectivity index (χ0) is 23.0. The molecule has 0 atom stereocenters. The van der Waals surface area contributed by atoms with Crippen LogP contribution in [0.4, 0.5) is 0 Å². The first-order valence-corrected chi connectivity index (χ1v) is 9.74. The second-order valence-corrected chi connectivity index (χ2v) is 6.28. The molecular weight excluding hydrogens is 414 g/mol. The monoisotopic (exact) mass is 440 g/mol. The van der Waals surface area contributed by atoms with E-state index in [0.717, 1.165) is 6.29 Å². The minimum absolute atomic E-state index is 0.116. The van der Waals surface area contributed by atoms with Crippen molar-refractivity contribution in [2.24, 2.45) is 7.05 Å². The number of hydrogen-bond acceptors (Lipinski definition) is 7. The molecule has 168 valence electrons. The predicted octanol–water partition coefficient (Wildman–Crippen LogP) is 3.14. The first-order valence-electron chi connectivity index (χ1n) is 9.74. The van der Waals surface area contributed by atoms with Gasteiger partial charge < -0.3 is 23.7 Å². The number of esters is 1. The third-order valence-electron chi connectivity index (χ3n) is 3.87. The Bertz CT molecular complexity index is 967. The molecule has 0 bridgehead atoms. The fraction of sp³-hybridized carbons (Fsp3) is 0.208. The third-order valence-corrected chi connectivity index (χ3v) is 3.87. The Morgan fingerprint density at radius 1 is 0.969 bits per heavy atom. The van der Waals surface area contributed by atoms with Gasteiger partial charge in [-0.3, -0.25) is 4.79 Å². The number of aryl methyl sites for hydroxylation is 1. The summed E-state index contributed by atoms with van der Waals surface area (Å²) in [5, 5.41) is 0. The van der Waals surface area contributed by atoms with E-state index in [2.05, 4.69) is 0 Å². The van der Waals surface area contributed by atoms with Gasteiger partial charge in [0.25, 0.3) is 0 Å². The molecule has 1 aromatic heterocycles. The number of aldehydes is 1. The van der Waals surface area contributed by atoms with Crippen LogP contribution >= 0.6 is 0 Å². The molecule has 0 N–H and O–H groups in total. The highest BCUT2D eigenvalue weighted by molar-refractivity contribution is 5.88. The standard InChI is InChI=1S/C24H26NO7/c1-25-10-3-7-21(18-25)24(27)32-16-6-14-30-12-4-11-29-13-5-15-31-22-9-8-20(19-26)17-23(22)28-2/h3-11,14-15,17-19H,12-13,16H2,1-2H3/q+1/b11-4+,14-6+,15-5+. The number of rotatable bonds is 13. The summed E-state index contributed by atoms with van der Waals surface area (Å²) in [7, 11) is 3.34. The molecule has 0 aliphatic heterocycles. The average Bonchev–Trinajstić information content (AvgIpc) is 2.81. The van der Waals surface area contributed by atoms with Crippen molar-refractivity contribution < 1.29 is 37.8 Å². The van der Waals surface area contributed by atoms with E-state index in [0.29, 0.717) is 35.8 Å². The molecule has 8 heteroatoms. The molecule has 2 rings (SSSR count). The molecule has 0 fully saturated rings. The number of pyridine rings is 1. The van der Waals surface area contributed by atoms with Crippen LogP contribution in [0.2, 0.25) is 0 Å². The quantitative estimate of drug-likeness (QED) is 0.156. The van der Waals surface area contributed by atoms with E-state index >= 15 is 0 Å². The number of ether oxygens (including phenoxy) is 5. The SMILES string of the molecule is COc1cc(C=O)ccc1O/C=C/CO/C=C/CO/C=C/COC(=O)c1ccc[n+](C)c1. The number of aromatic nitrogens is 1. The van der Waals surface area contributed by atoms with Crippen LogP contribution in [0.1, 0.15) is 20.7 Å². The lowest BCUT2D eigenvalue weighted by atomic mass is 10.2. The summed E-state index contributed by atoms with van der Waals surface area (Å²) in [6, 6.07) is 8.36. The van der Waals surface area contributed by atoms with Crippen molar-refractivity contribution in [3.8, 4) is 11.5 Å². The molecule has 0 aliphatic rings. The molecule has 1 heterocycles. The van der Waals surface area contributed by atoms with E-state index in [1.165, 1.54) is 25.9 Å². The predicted molar refractivity (Wildman–Crippen MR) is 116 cm³/mol. The molecule has 0 spiro atoms. The van der Waals surface area contributed by atoms with E-state index in [4.69, 9.17) is 23.7 Å². The van der Waals surface area contributed by atoms with Crippen LogP contribution in [-0.4, -0.2) is 39.2 Å². The maximum atomic E-state index is 11.8. The van der Waals surface area contributed by atoms with Crippen LogP contribution in [0.5, 0.6) is 11.5 Å². The summed E-state index contributed by atoms with van der Waals surface area (Å²) < 4.78 is 28.1. The van der Waals surface area contributed by atoms with Gasteiger partial charge in [0.1, 0.15) is 38.7 Å². The van der Waals surface area contributed by atoms with Gasteiger partial charge >= 0.3 is 5.97 Å². The third kappa shape index (κ3) is 8.74. The molecule has 0 unspecified atom stereocenters. The fourth-order valence-corrected chi connectivity index (χ4v) is 2.37. The van der Waals surface area contributed by atoms with Crippen LogP contribution in [0.15, 0.2) is 79.7 Å². The Hall–Kier alpha value is -4.07. The van der Waals surface area contributed by atoms with E-state index in [1.807, 2.05) is 13.2 Å². The zero-order valence-electron chi connectivity index (χ0n) is 18.0. The average molecular weight is 440 g/mol. The second kappa shape index (κ2) is 14.0. The second-order valence-electron chi connectivity index (χ2n) is 6.28. The van der Waals surface area contributed by atoms with Crippen LogP contribution in [0, 0.1) is 0 Å². The van der Waals surface area contributed by atoms with Crippen molar-refractivity contribution in [2.45, 2.75) is 0 Å². The lowest BCUT2D eigenvalue weighted by molar-refractivity contribution is -0.671. The van der Waals surface area contributed by atoms with Gasteiger partial charge in [-0.15, -0.1) is 0 Å². The molecule has 2 aromatic rings. The normalized spacial score (nSPS) is 11.1. The van der Waals surface area contributed by atoms with Crippen molar-refractivity contribution >= 4 is 12.3 Å². The molecule has 0 amide bonds. The van der Waals surface area contributed by atoms with Crippen LogP contribution in [0.3, 0.4) is 0 Å². The van der Waals surface area contributed by atoms with E-state index in [9.17, 15) is 9.59 Å². The van der Waals surface area contributed by atoms with Crippen LogP contribution < -0.4 is 14.0 Å². The number of benzene rings is 1. The number of carbonyl (C=O) groups is 2. The van der Waals surface area contributed by atoms with Gasteiger partial charge in [0.15, 0.2) is 23.9 Å². The first kappa shape index (κ1) is 24.2. The van der Waals surface area contributed by atoms with E-state index in [1.54, 1.807) is 59.3 Å². The molecule has 32 heavy (non-hydrogen) atoms. The summed E-state index contributed by atoms with van der Waals surface area (Å²) in [6.07, 6.45) is 13.7. The van der Waals surface area contributed by atoms with Gasteiger partial charge in [-0.1, -0.05) is 0 Å². The Balaban J connectivity index is 1.55. The Morgan fingerprint density at radius 3 is 2.38 bits per heavy atom. The molecule has 0 saturated heterocycles. The Labute approximate surface area is 186 Å². The summed E-state index contributed by atoms with van der Waals surface area (Å²) in [5.41, 5.74) is 0.991. The van der Waals surface area contributed by atoms with E-state index in [-0.39, 0.29) is 6.61 Å². The van der Waals surface area contributed by atoms with Gasteiger partial charge in [-0.25, -0.2) is 9.36 Å². The Kier molecular flexibility index (Phi) is 10.6. The van der Waals surface area contributed by atoms with Gasteiger partial charge in [0.05, 0.1) is 25.9 Å². The van der Waals surface area contributed by atoms with Crippen LogP contribution in [-0.2, 0) is 21.3 Å². The number of hydrogen-bond donors (Lipinski definition) is 0. The summed E-state index contributed by atoms with van der Waals surface area (Å²) in [5.74, 6) is 0.565. The number of nitrogens with zero attached hydrogens (tertiary/aromatic N) is 1. The zero-order valence-corrected chi connectivity index (χ0v) is 18.0. The smallest absolute Gasteiger partial charge is 0.344 e. The summed E-state index contributed by atoms with van der Waals surface area (Å²) in [6.45, 7) is 0.721. The lowest BCUT2D eigenvalue weighted by Gasteiger charge is -2.07. The maximum absolute atomic E-state index is 11.8. The van der Waals surface area contributed by atoms with Crippen molar-refractivity contribution in [1.82, 2.24) is 0 Å². The highest BCUT2D eigenvalue weighted by atomic mass is 16.5. The molecule has 0 saturated carbocycles. The molecular formula is C24H26NO7+. The number of methoxy groups -OCH3 is 1. The van der Waals surface area contributed by atoms with Gasteiger partial charge in [-0.05, 0) is 42.5 Å². The maximum Gasteiger partial charge on any atom is 0.344 e. The topological polar surface area (TPSA) is 84.2 Å². The van der Waals surface area contributed by atoms with Gasteiger partial charge in [-0.2, -0.15) is 0 Å². The van der Waals surface area contributed by atoms with Crippen molar-refractivity contribution in [1.29, 1.82) is 0 Å². The highest BCUT2D eigenvalue weighted by Gasteiger charge is 2.09. The minimum Gasteiger partial charge on any atom is -0.497 e. The minimum atomic E-state index is -0.396. The largest absolute Gasteiger partial charge is 0.497 e. The summed E-state index contributed by atoms with van der Waals surface area (Å²) >= 11 is 0. The molecule has 0 radical (unpaired) electrons. The highest BCUT2D eigenvalue weighted by Crippen LogP contribution is 2.27. The van der Waals surface area contributed by atoms with E-state index < -0.39 is 5.97 Å². The first-order chi connectivity index (χ1) is 15.6. The van der Waals surface area contributed by atoms with Crippen LogP contribution in [0.25, 0.3) is 0 Å². The molecule has 1 aromatic carbocycles. The molecule has 8 nitrogen and oxygen atoms in total. The van der Waals surface area contributed by atoms with Crippen molar-refractivity contribution in [3.63, 3.8) is 0 Å². The number of carbonyl (C=O) groups excluding carboxylic acids is 2. The summed E-state index contributed by atoms with van der Waals surface area (Å²) in [4.78, 5) is 22.6. The van der Waals surface area contributed by atoms with Crippen molar-refractivity contribution in [2.75, 3.05) is 26.9 Å². The Morgan fingerprint density at radius 2 is 1.69 bits per heavy atom. The van der Waals surface area contributed by atoms with Gasteiger partial charge in [0.2, 0.25) is 0 Å². The fourth-order valence-electron chi connectivity index (χ4n) is 2.37. The van der Waals surface area contributed by atoms with Crippen molar-refractivity contribution in [3.05, 3.63) is 90.9 Å². The van der Waals surface area contributed by atoms with Gasteiger partial charge in [0, 0.05) is 11.6 Å². The lowest BCUT2D eigenvalue weighted by Crippen LogP contribution is -2.28.